The van der Waals surface area contributed by atoms with E-state index in [2.05, 4.69) is 0 Å². The summed E-state index contributed by atoms with van der Waals surface area (Å²) in [5, 5.41) is 0. The molecule has 0 heterocycles. The second-order valence-electron chi connectivity index (χ2n) is 5.39. The van der Waals surface area contributed by atoms with E-state index < -0.39 is 5.60 Å². The van der Waals surface area contributed by atoms with Crippen molar-refractivity contribution in [3.8, 4) is 0 Å². The first-order chi connectivity index (χ1) is 6.60. The topological polar surface area (TPSA) is 55.6 Å². The fourth-order valence-corrected chi connectivity index (χ4v) is 1.10. The summed E-state index contributed by atoms with van der Waals surface area (Å²) in [5.74, 6) is 0. The lowest BCUT2D eigenvalue weighted by Crippen LogP contribution is -2.48. The van der Waals surface area contributed by atoms with Gasteiger partial charge in [0.05, 0.1) is 0 Å². The van der Waals surface area contributed by atoms with Gasteiger partial charge in [0.25, 0.3) is 0 Å². The van der Waals surface area contributed by atoms with Crippen LogP contribution in [0.3, 0.4) is 0 Å². The van der Waals surface area contributed by atoms with Gasteiger partial charge in [-0.05, 0) is 47.6 Å². The first-order valence-electron chi connectivity index (χ1n) is 5.27. The van der Waals surface area contributed by atoms with E-state index in [1.807, 2.05) is 34.6 Å². The second-order valence-corrected chi connectivity index (χ2v) is 5.39. The van der Waals surface area contributed by atoms with E-state index in [9.17, 15) is 4.79 Å². The number of carbonyl (C=O) groups excluding carboxylic acids is 1. The van der Waals surface area contributed by atoms with Crippen LogP contribution in [-0.2, 0) is 4.74 Å². The molecule has 0 aliphatic heterocycles. The Morgan fingerprint density at radius 3 is 2.07 bits per heavy atom. The lowest BCUT2D eigenvalue weighted by molar-refractivity contribution is 0.0102. The molecule has 0 atom stereocenters. The first-order valence-corrected chi connectivity index (χ1v) is 5.27. The van der Waals surface area contributed by atoms with Crippen LogP contribution in [0.5, 0.6) is 0 Å². The molecule has 0 radical (unpaired) electrons. The lowest BCUT2D eigenvalue weighted by Gasteiger charge is -2.36. The SMILES string of the molecule is CN(C(=O)OC(C)(C)C)C(C)(C)CCN. The predicted octanol–water partition coefficient (Wildman–Crippen LogP) is 1.98. The number of rotatable bonds is 3. The Kier molecular flexibility index (Phi) is 4.59. The Labute approximate surface area is 92.8 Å². The van der Waals surface area contributed by atoms with Crippen LogP contribution in [0, 0.1) is 0 Å². The minimum Gasteiger partial charge on any atom is -0.444 e. The van der Waals surface area contributed by atoms with E-state index in [-0.39, 0.29) is 11.6 Å². The zero-order valence-electron chi connectivity index (χ0n) is 10.8. The Morgan fingerprint density at radius 1 is 1.27 bits per heavy atom. The number of nitrogens with zero attached hydrogens (tertiary/aromatic N) is 1. The molecule has 0 spiro atoms. The van der Waals surface area contributed by atoms with E-state index >= 15 is 0 Å². The Balaban J connectivity index is 4.44. The van der Waals surface area contributed by atoms with Gasteiger partial charge >= 0.3 is 6.09 Å². The van der Waals surface area contributed by atoms with E-state index in [0.717, 1.165) is 6.42 Å². The lowest BCUT2D eigenvalue weighted by atomic mass is 9.99. The molecular formula is C11H24N2O2. The van der Waals surface area contributed by atoms with Gasteiger partial charge in [-0.1, -0.05) is 0 Å². The Hall–Kier alpha value is -0.770. The van der Waals surface area contributed by atoms with Crippen LogP contribution < -0.4 is 5.73 Å². The highest BCUT2D eigenvalue weighted by molar-refractivity contribution is 5.68. The van der Waals surface area contributed by atoms with Gasteiger partial charge in [-0.2, -0.15) is 0 Å². The normalized spacial score (nSPS) is 12.5. The van der Waals surface area contributed by atoms with Crippen LogP contribution in [-0.4, -0.2) is 35.7 Å². The van der Waals surface area contributed by atoms with Crippen LogP contribution in [0.2, 0.25) is 0 Å². The van der Waals surface area contributed by atoms with Gasteiger partial charge in [0.15, 0.2) is 0 Å². The van der Waals surface area contributed by atoms with Crippen molar-refractivity contribution < 1.29 is 9.53 Å². The molecule has 4 heteroatoms. The molecule has 1 amide bonds. The van der Waals surface area contributed by atoms with Crippen molar-refractivity contribution in [3.63, 3.8) is 0 Å². The number of hydrogen-bond acceptors (Lipinski definition) is 3. The molecule has 0 fully saturated rings. The molecule has 0 aromatic rings. The molecule has 0 aromatic heterocycles. The van der Waals surface area contributed by atoms with Gasteiger partial charge in [0.1, 0.15) is 5.60 Å². The number of hydrogen-bond donors (Lipinski definition) is 1. The third kappa shape index (κ3) is 5.02. The van der Waals surface area contributed by atoms with Crippen molar-refractivity contribution >= 4 is 6.09 Å². The molecule has 0 bridgehead atoms. The maximum absolute atomic E-state index is 11.7. The number of ether oxygens (including phenoxy) is 1. The van der Waals surface area contributed by atoms with Crippen LogP contribution in [0.15, 0.2) is 0 Å². The Bertz CT molecular complexity index is 219. The maximum Gasteiger partial charge on any atom is 0.410 e. The zero-order valence-corrected chi connectivity index (χ0v) is 10.8. The van der Waals surface area contributed by atoms with Crippen LogP contribution in [0.25, 0.3) is 0 Å². The summed E-state index contributed by atoms with van der Waals surface area (Å²) in [7, 11) is 1.74. The third-order valence-corrected chi connectivity index (χ3v) is 2.33. The molecule has 90 valence electrons. The monoisotopic (exact) mass is 216 g/mol. The molecule has 0 aliphatic rings. The minimum atomic E-state index is -0.454. The van der Waals surface area contributed by atoms with Gasteiger partial charge in [0.2, 0.25) is 0 Å². The van der Waals surface area contributed by atoms with Crippen molar-refractivity contribution in [1.82, 2.24) is 4.90 Å². The number of carbonyl (C=O) groups is 1. The van der Waals surface area contributed by atoms with Gasteiger partial charge in [0, 0.05) is 12.6 Å². The number of amides is 1. The van der Waals surface area contributed by atoms with Gasteiger partial charge in [-0.15, -0.1) is 0 Å². The molecule has 0 aromatic carbocycles. The summed E-state index contributed by atoms with van der Waals surface area (Å²) in [5.41, 5.74) is 4.78. The molecular weight excluding hydrogens is 192 g/mol. The minimum absolute atomic E-state index is 0.267. The fourth-order valence-electron chi connectivity index (χ4n) is 1.10. The smallest absolute Gasteiger partial charge is 0.410 e. The van der Waals surface area contributed by atoms with Crippen LogP contribution in [0.4, 0.5) is 4.79 Å². The highest BCUT2D eigenvalue weighted by Gasteiger charge is 2.30. The zero-order chi connectivity index (χ0) is 12.3. The van der Waals surface area contributed by atoms with Gasteiger partial charge < -0.3 is 15.4 Å². The summed E-state index contributed by atoms with van der Waals surface area (Å²) in [6.07, 6.45) is 0.448. The molecule has 0 rings (SSSR count). The second kappa shape index (κ2) is 4.84. The Morgan fingerprint density at radius 2 is 1.73 bits per heavy atom. The largest absolute Gasteiger partial charge is 0.444 e. The standard InChI is InChI=1S/C11H24N2O2/c1-10(2,3)15-9(14)13(6)11(4,5)7-8-12/h7-8,12H2,1-6H3. The third-order valence-electron chi connectivity index (χ3n) is 2.33. The molecule has 2 N–H and O–H groups in total. The van der Waals surface area contributed by atoms with Crippen molar-refractivity contribution in [3.05, 3.63) is 0 Å². The quantitative estimate of drug-likeness (QED) is 0.784. The molecule has 0 saturated heterocycles. The average Bonchev–Trinajstić information content (AvgIpc) is 1.99. The van der Waals surface area contributed by atoms with E-state index in [1.54, 1.807) is 11.9 Å². The van der Waals surface area contributed by atoms with E-state index in [4.69, 9.17) is 10.5 Å². The molecule has 15 heavy (non-hydrogen) atoms. The van der Waals surface area contributed by atoms with Gasteiger partial charge in [-0.25, -0.2) is 4.79 Å². The molecule has 0 saturated carbocycles. The summed E-state index contributed by atoms with van der Waals surface area (Å²) < 4.78 is 5.28. The maximum atomic E-state index is 11.7. The predicted molar refractivity (Wildman–Crippen MR) is 61.7 cm³/mol. The van der Waals surface area contributed by atoms with E-state index in [0.29, 0.717) is 6.54 Å². The van der Waals surface area contributed by atoms with Crippen molar-refractivity contribution in [2.45, 2.75) is 52.2 Å². The van der Waals surface area contributed by atoms with Crippen molar-refractivity contribution in [2.24, 2.45) is 5.73 Å². The first kappa shape index (κ1) is 14.2. The highest BCUT2D eigenvalue weighted by Crippen LogP contribution is 2.19. The van der Waals surface area contributed by atoms with Crippen molar-refractivity contribution in [1.29, 1.82) is 0 Å². The fraction of sp³-hybridized carbons (Fsp3) is 0.909. The van der Waals surface area contributed by atoms with Crippen LogP contribution in [0.1, 0.15) is 41.0 Å². The number of nitrogens with two attached hydrogens (primary N) is 1. The van der Waals surface area contributed by atoms with Crippen LogP contribution >= 0.6 is 0 Å². The van der Waals surface area contributed by atoms with E-state index in [1.165, 1.54) is 0 Å². The highest BCUT2D eigenvalue weighted by atomic mass is 16.6. The molecule has 0 unspecified atom stereocenters. The summed E-state index contributed by atoms with van der Waals surface area (Å²) in [6, 6.07) is 0. The summed E-state index contributed by atoms with van der Waals surface area (Å²) in [4.78, 5) is 13.3. The molecule has 0 aliphatic carbocycles. The molecule has 4 nitrogen and oxygen atoms in total. The average molecular weight is 216 g/mol. The summed E-state index contributed by atoms with van der Waals surface area (Å²) >= 11 is 0. The summed E-state index contributed by atoms with van der Waals surface area (Å²) in [6.45, 7) is 10.1. The van der Waals surface area contributed by atoms with Gasteiger partial charge in [-0.3, -0.25) is 0 Å². The van der Waals surface area contributed by atoms with Crippen molar-refractivity contribution in [2.75, 3.05) is 13.6 Å².